The highest BCUT2D eigenvalue weighted by molar-refractivity contribution is 4.89. The molecule has 1 saturated carbocycles. The largest absolute Gasteiger partial charge is 0.310 e. The Bertz CT molecular complexity index is 238. The SMILES string of the molecule is N#CCC1CN(C2CCCCCC2)CCN1. The van der Waals surface area contributed by atoms with E-state index >= 15 is 0 Å². The van der Waals surface area contributed by atoms with Crippen LogP contribution in [0.2, 0.25) is 0 Å². The van der Waals surface area contributed by atoms with Crippen LogP contribution in [0.25, 0.3) is 0 Å². The average Bonchev–Trinajstić information content (AvgIpc) is 2.58. The van der Waals surface area contributed by atoms with Crippen molar-refractivity contribution in [2.45, 2.75) is 57.0 Å². The van der Waals surface area contributed by atoms with E-state index in [1.54, 1.807) is 0 Å². The molecule has 2 fully saturated rings. The van der Waals surface area contributed by atoms with E-state index in [4.69, 9.17) is 5.26 Å². The molecule has 0 spiro atoms. The lowest BCUT2D eigenvalue weighted by molar-refractivity contribution is 0.132. The van der Waals surface area contributed by atoms with E-state index in [2.05, 4.69) is 16.3 Å². The predicted molar refractivity (Wildman–Crippen MR) is 65.1 cm³/mol. The summed E-state index contributed by atoms with van der Waals surface area (Å²) in [6.07, 6.45) is 9.05. The fourth-order valence-electron chi connectivity index (χ4n) is 3.05. The maximum absolute atomic E-state index is 8.75. The molecule has 1 heterocycles. The van der Waals surface area contributed by atoms with Gasteiger partial charge < -0.3 is 5.32 Å². The third kappa shape index (κ3) is 3.20. The molecule has 1 saturated heterocycles. The van der Waals surface area contributed by atoms with Crippen LogP contribution in [0.15, 0.2) is 0 Å². The summed E-state index contributed by atoms with van der Waals surface area (Å²) >= 11 is 0. The molecule has 1 atom stereocenters. The third-order valence-corrected chi connectivity index (χ3v) is 3.97. The number of nitrogens with one attached hydrogen (secondary N) is 1. The van der Waals surface area contributed by atoms with Crippen molar-refractivity contribution in [2.24, 2.45) is 0 Å². The molecule has 0 aromatic rings. The average molecular weight is 221 g/mol. The van der Waals surface area contributed by atoms with E-state index in [1.807, 2.05) is 0 Å². The second-order valence-corrected chi connectivity index (χ2v) is 5.15. The minimum absolute atomic E-state index is 0.405. The van der Waals surface area contributed by atoms with Gasteiger partial charge in [-0.25, -0.2) is 0 Å². The maximum Gasteiger partial charge on any atom is 0.0638 e. The number of piperazine rings is 1. The molecule has 0 aromatic carbocycles. The molecule has 1 N–H and O–H groups in total. The van der Waals surface area contributed by atoms with Gasteiger partial charge >= 0.3 is 0 Å². The number of hydrogen-bond donors (Lipinski definition) is 1. The number of hydrogen-bond acceptors (Lipinski definition) is 3. The van der Waals surface area contributed by atoms with E-state index in [1.165, 1.54) is 45.1 Å². The summed E-state index contributed by atoms with van der Waals surface area (Å²) < 4.78 is 0. The van der Waals surface area contributed by atoms with Crippen LogP contribution in [0.4, 0.5) is 0 Å². The van der Waals surface area contributed by atoms with Crippen LogP contribution < -0.4 is 5.32 Å². The maximum atomic E-state index is 8.75. The Labute approximate surface area is 98.8 Å². The second-order valence-electron chi connectivity index (χ2n) is 5.15. The zero-order chi connectivity index (χ0) is 11.2. The first-order valence-corrected chi connectivity index (χ1v) is 6.74. The number of nitrogens with zero attached hydrogens (tertiary/aromatic N) is 2. The molecule has 1 aliphatic heterocycles. The molecule has 0 amide bonds. The van der Waals surface area contributed by atoms with Crippen molar-refractivity contribution >= 4 is 0 Å². The topological polar surface area (TPSA) is 39.1 Å². The Morgan fingerprint density at radius 1 is 1.19 bits per heavy atom. The van der Waals surface area contributed by atoms with Crippen LogP contribution in [0.1, 0.15) is 44.9 Å². The van der Waals surface area contributed by atoms with Crippen LogP contribution in [0.5, 0.6) is 0 Å². The summed E-state index contributed by atoms with van der Waals surface area (Å²) in [6.45, 7) is 3.31. The molecule has 0 bridgehead atoms. The van der Waals surface area contributed by atoms with Gasteiger partial charge in [0.2, 0.25) is 0 Å². The molecule has 1 aliphatic carbocycles. The normalized spacial score (nSPS) is 29.6. The van der Waals surface area contributed by atoms with E-state index in [-0.39, 0.29) is 0 Å². The quantitative estimate of drug-likeness (QED) is 0.724. The molecule has 16 heavy (non-hydrogen) atoms. The zero-order valence-electron chi connectivity index (χ0n) is 10.1. The van der Waals surface area contributed by atoms with Gasteiger partial charge in [-0.2, -0.15) is 5.26 Å². The lowest BCUT2D eigenvalue weighted by atomic mass is 10.0. The van der Waals surface area contributed by atoms with Gasteiger partial charge in [-0.15, -0.1) is 0 Å². The number of nitriles is 1. The highest BCUT2D eigenvalue weighted by Gasteiger charge is 2.25. The molecule has 0 radical (unpaired) electrons. The fourth-order valence-corrected chi connectivity index (χ4v) is 3.05. The Morgan fingerprint density at radius 3 is 2.62 bits per heavy atom. The minimum atomic E-state index is 0.405. The van der Waals surface area contributed by atoms with Crippen LogP contribution in [0, 0.1) is 11.3 Å². The standard InChI is InChI=1S/C13H23N3/c14-8-7-12-11-16(10-9-15-12)13-5-3-1-2-4-6-13/h12-13,15H,1-7,9-11H2. The molecule has 2 rings (SSSR count). The monoisotopic (exact) mass is 221 g/mol. The Kier molecular flexibility index (Phi) is 4.62. The first kappa shape index (κ1) is 11.9. The molecular formula is C13H23N3. The van der Waals surface area contributed by atoms with Gasteiger partial charge in [0.05, 0.1) is 12.5 Å². The van der Waals surface area contributed by atoms with Crippen molar-refractivity contribution in [2.75, 3.05) is 19.6 Å². The minimum Gasteiger partial charge on any atom is -0.310 e. The van der Waals surface area contributed by atoms with E-state index in [9.17, 15) is 0 Å². The molecule has 3 heteroatoms. The first-order valence-electron chi connectivity index (χ1n) is 6.74. The summed E-state index contributed by atoms with van der Waals surface area (Å²) in [7, 11) is 0. The second kappa shape index (κ2) is 6.22. The van der Waals surface area contributed by atoms with Crippen molar-refractivity contribution in [1.29, 1.82) is 5.26 Å². The highest BCUT2D eigenvalue weighted by Crippen LogP contribution is 2.22. The Balaban J connectivity index is 1.85. The predicted octanol–water partition coefficient (Wildman–Crippen LogP) is 1.90. The van der Waals surface area contributed by atoms with Crippen molar-refractivity contribution in [3.05, 3.63) is 0 Å². The van der Waals surface area contributed by atoms with Crippen LogP contribution in [-0.4, -0.2) is 36.6 Å². The van der Waals surface area contributed by atoms with Crippen LogP contribution >= 0.6 is 0 Å². The van der Waals surface area contributed by atoms with Gasteiger partial charge in [0, 0.05) is 31.7 Å². The van der Waals surface area contributed by atoms with Gasteiger partial charge in [-0.05, 0) is 12.8 Å². The van der Waals surface area contributed by atoms with Crippen molar-refractivity contribution in [3.63, 3.8) is 0 Å². The molecule has 1 unspecified atom stereocenters. The molecule has 0 aromatic heterocycles. The Hall–Kier alpha value is -0.590. The molecular weight excluding hydrogens is 198 g/mol. The molecule has 3 nitrogen and oxygen atoms in total. The van der Waals surface area contributed by atoms with E-state index in [0.717, 1.165) is 19.1 Å². The van der Waals surface area contributed by atoms with Gasteiger partial charge in [-0.3, -0.25) is 4.90 Å². The van der Waals surface area contributed by atoms with Gasteiger partial charge in [-0.1, -0.05) is 25.7 Å². The van der Waals surface area contributed by atoms with Crippen LogP contribution in [-0.2, 0) is 0 Å². The van der Waals surface area contributed by atoms with Crippen molar-refractivity contribution in [3.8, 4) is 6.07 Å². The van der Waals surface area contributed by atoms with Gasteiger partial charge in [0.25, 0.3) is 0 Å². The van der Waals surface area contributed by atoms with Crippen LogP contribution in [0.3, 0.4) is 0 Å². The van der Waals surface area contributed by atoms with E-state index < -0.39 is 0 Å². The van der Waals surface area contributed by atoms with Gasteiger partial charge in [0.1, 0.15) is 0 Å². The smallest absolute Gasteiger partial charge is 0.0638 e. The first-order chi connectivity index (χ1) is 7.90. The third-order valence-electron chi connectivity index (χ3n) is 3.97. The highest BCUT2D eigenvalue weighted by atomic mass is 15.2. The fraction of sp³-hybridized carbons (Fsp3) is 0.923. The van der Waals surface area contributed by atoms with E-state index in [0.29, 0.717) is 12.5 Å². The molecule has 2 aliphatic rings. The zero-order valence-corrected chi connectivity index (χ0v) is 10.1. The summed E-state index contributed by atoms with van der Waals surface area (Å²) in [5, 5.41) is 12.2. The van der Waals surface area contributed by atoms with Gasteiger partial charge in [0.15, 0.2) is 0 Å². The summed E-state index contributed by atoms with van der Waals surface area (Å²) in [6, 6.07) is 3.49. The lowest BCUT2D eigenvalue weighted by Gasteiger charge is -2.38. The van der Waals surface area contributed by atoms with Crippen molar-refractivity contribution in [1.82, 2.24) is 10.2 Å². The summed E-state index contributed by atoms with van der Waals surface area (Å²) in [5.41, 5.74) is 0. The number of rotatable bonds is 2. The summed E-state index contributed by atoms with van der Waals surface area (Å²) in [5.74, 6) is 0. The molecule has 90 valence electrons. The summed E-state index contributed by atoms with van der Waals surface area (Å²) in [4.78, 5) is 2.63. The Morgan fingerprint density at radius 2 is 1.94 bits per heavy atom. The lowest BCUT2D eigenvalue weighted by Crippen LogP contribution is -2.53. The van der Waals surface area contributed by atoms with Crippen molar-refractivity contribution < 1.29 is 0 Å².